The molecule has 1 aliphatic rings. The van der Waals surface area contributed by atoms with Crippen LogP contribution in [-0.4, -0.2) is 67.2 Å². The highest BCUT2D eigenvalue weighted by Gasteiger charge is 2.29. The van der Waals surface area contributed by atoms with Crippen molar-refractivity contribution in [3.8, 4) is 16.9 Å². The van der Waals surface area contributed by atoms with Gasteiger partial charge in [-0.25, -0.2) is 4.39 Å². The van der Waals surface area contributed by atoms with Crippen molar-refractivity contribution < 1.29 is 13.7 Å². The van der Waals surface area contributed by atoms with Gasteiger partial charge in [0, 0.05) is 31.7 Å². The molecule has 11 heteroatoms. The standard InChI is InChI=1S/C23H21ClFN7O2/c1-15-21(22(27-34-15)18-4-2-3-5-19(18)24)23(33)31-12-10-30(11-13-31)14-20-26-28-29-32(20)17-8-6-16(25)7-9-17/h2-9H,10-14H2,1H3. The van der Waals surface area contributed by atoms with E-state index < -0.39 is 0 Å². The van der Waals surface area contributed by atoms with Gasteiger partial charge in [-0.05, 0) is 47.7 Å². The number of hydrogen-bond donors (Lipinski definition) is 0. The maximum Gasteiger partial charge on any atom is 0.259 e. The minimum absolute atomic E-state index is 0.135. The summed E-state index contributed by atoms with van der Waals surface area (Å²) in [5.74, 6) is 0.646. The smallest absolute Gasteiger partial charge is 0.259 e. The number of nitrogens with zero attached hydrogens (tertiary/aromatic N) is 7. The number of halogens is 2. The molecule has 1 fully saturated rings. The summed E-state index contributed by atoms with van der Waals surface area (Å²) in [5, 5.41) is 16.5. The van der Waals surface area contributed by atoms with Crippen molar-refractivity contribution in [2.24, 2.45) is 0 Å². The van der Waals surface area contributed by atoms with Gasteiger partial charge in [-0.15, -0.1) is 5.10 Å². The zero-order valence-corrected chi connectivity index (χ0v) is 19.1. The van der Waals surface area contributed by atoms with Crippen LogP contribution in [0.5, 0.6) is 0 Å². The summed E-state index contributed by atoms with van der Waals surface area (Å²) < 4.78 is 20.2. The molecule has 174 valence electrons. The van der Waals surface area contributed by atoms with E-state index in [0.717, 1.165) is 0 Å². The Kier molecular flexibility index (Phi) is 6.08. The Morgan fingerprint density at radius 2 is 1.82 bits per heavy atom. The molecule has 1 saturated heterocycles. The zero-order valence-electron chi connectivity index (χ0n) is 18.4. The molecule has 9 nitrogen and oxygen atoms in total. The van der Waals surface area contributed by atoms with Crippen LogP contribution in [0.25, 0.3) is 16.9 Å². The van der Waals surface area contributed by atoms with E-state index in [9.17, 15) is 9.18 Å². The summed E-state index contributed by atoms with van der Waals surface area (Å²) >= 11 is 6.33. The van der Waals surface area contributed by atoms with Crippen LogP contribution in [0.3, 0.4) is 0 Å². The monoisotopic (exact) mass is 481 g/mol. The van der Waals surface area contributed by atoms with E-state index in [4.69, 9.17) is 16.1 Å². The number of carbonyl (C=O) groups excluding carboxylic acids is 1. The van der Waals surface area contributed by atoms with Crippen LogP contribution >= 0.6 is 11.6 Å². The summed E-state index contributed by atoms with van der Waals surface area (Å²) in [5.41, 5.74) is 2.23. The predicted molar refractivity (Wildman–Crippen MR) is 122 cm³/mol. The molecule has 0 radical (unpaired) electrons. The van der Waals surface area contributed by atoms with Crippen molar-refractivity contribution in [2.75, 3.05) is 26.2 Å². The number of benzene rings is 2. The third kappa shape index (κ3) is 4.29. The molecular formula is C23H21ClFN7O2. The van der Waals surface area contributed by atoms with Gasteiger partial charge in [-0.2, -0.15) is 4.68 Å². The second-order valence-corrected chi connectivity index (χ2v) is 8.40. The largest absolute Gasteiger partial charge is 0.360 e. The van der Waals surface area contributed by atoms with Crippen LogP contribution in [0.4, 0.5) is 4.39 Å². The van der Waals surface area contributed by atoms with E-state index in [0.29, 0.717) is 71.8 Å². The van der Waals surface area contributed by atoms with E-state index in [2.05, 4.69) is 25.6 Å². The molecule has 5 rings (SSSR count). The first kappa shape index (κ1) is 22.2. The van der Waals surface area contributed by atoms with E-state index in [1.54, 1.807) is 34.7 Å². The number of rotatable bonds is 5. The predicted octanol–water partition coefficient (Wildman–Crippen LogP) is 3.38. The fraction of sp³-hybridized carbons (Fsp3) is 0.261. The summed E-state index contributed by atoms with van der Waals surface area (Å²) in [7, 11) is 0. The molecular weight excluding hydrogens is 461 g/mol. The lowest BCUT2D eigenvalue weighted by Gasteiger charge is -2.34. The van der Waals surface area contributed by atoms with E-state index in [1.807, 2.05) is 18.2 Å². The molecule has 1 aliphatic heterocycles. The quantitative estimate of drug-likeness (QED) is 0.431. The van der Waals surface area contributed by atoms with Gasteiger partial charge in [-0.1, -0.05) is 35.0 Å². The highest BCUT2D eigenvalue weighted by molar-refractivity contribution is 6.33. The molecule has 2 aromatic heterocycles. The average Bonchev–Trinajstić information content (AvgIpc) is 3.46. The molecule has 1 amide bonds. The van der Waals surface area contributed by atoms with E-state index in [1.165, 1.54) is 12.1 Å². The molecule has 0 N–H and O–H groups in total. The first-order chi connectivity index (χ1) is 16.5. The van der Waals surface area contributed by atoms with Gasteiger partial charge in [0.05, 0.1) is 17.3 Å². The van der Waals surface area contributed by atoms with Gasteiger partial charge in [0.25, 0.3) is 5.91 Å². The second-order valence-electron chi connectivity index (χ2n) is 7.99. The lowest BCUT2D eigenvalue weighted by Crippen LogP contribution is -2.48. The molecule has 0 spiro atoms. The van der Waals surface area contributed by atoms with Crippen molar-refractivity contribution in [1.82, 2.24) is 35.2 Å². The molecule has 0 bridgehead atoms. The number of piperazine rings is 1. The Morgan fingerprint density at radius 3 is 2.56 bits per heavy atom. The van der Waals surface area contributed by atoms with E-state index in [-0.39, 0.29) is 11.7 Å². The molecule has 34 heavy (non-hydrogen) atoms. The molecule has 3 heterocycles. The lowest BCUT2D eigenvalue weighted by molar-refractivity contribution is 0.0623. The molecule has 0 unspecified atom stereocenters. The van der Waals surface area contributed by atoms with Crippen molar-refractivity contribution in [1.29, 1.82) is 0 Å². The first-order valence-electron chi connectivity index (χ1n) is 10.8. The SMILES string of the molecule is Cc1onc(-c2ccccc2Cl)c1C(=O)N1CCN(Cc2nnnn2-c2ccc(F)cc2)CC1. The van der Waals surface area contributed by atoms with Crippen LogP contribution in [0.15, 0.2) is 53.1 Å². The zero-order chi connectivity index (χ0) is 23.7. The summed E-state index contributed by atoms with van der Waals surface area (Å²) in [6.07, 6.45) is 0. The van der Waals surface area contributed by atoms with Crippen LogP contribution in [-0.2, 0) is 6.54 Å². The Bertz CT molecular complexity index is 1310. The number of aromatic nitrogens is 5. The van der Waals surface area contributed by atoms with E-state index >= 15 is 0 Å². The summed E-state index contributed by atoms with van der Waals surface area (Å²) in [4.78, 5) is 17.3. The normalized spacial score (nSPS) is 14.5. The molecule has 0 saturated carbocycles. The summed E-state index contributed by atoms with van der Waals surface area (Å²) in [6, 6.07) is 13.2. The number of tetrazole rings is 1. The first-order valence-corrected chi connectivity index (χ1v) is 11.1. The second kappa shape index (κ2) is 9.32. The minimum Gasteiger partial charge on any atom is -0.360 e. The van der Waals surface area contributed by atoms with Crippen LogP contribution in [0.2, 0.25) is 5.02 Å². The third-order valence-corrected chi connectivity index (χ3v) is 6.16. The van der Waals surface area contributed by atoms with Gasteiger partial charge in [-0.3, -0.25) is 9.69 Å². The maximum absolute atomic E-state index is 13.4. The van der Waals surface area contributed by atoms with Crippen LogP contribution in [0, 0.1) is 12.7 Å². The number of carbonyl (C=O) groups is 1. The highest BCUT2D eigenvalue weighted by atomic mass is 35.5. The number of amides is 1. The average molecular weight is 482 g/mol. The molecule has 0 atom stereocenters. The minimum atomic E-state index is -0.320. The highest BCUT2D eigenvalue weighted by Crippen LogP contribution is 2.32. The van der Waals surface area contributed by atoms with Gasteiger partial charge in [0.1, 0.15) is 22.8 Å². The van der Waals surface area contributed by atoms with Crippen LogP contribution < -0.4 is 0 Å². The number of hydrogen-bond acceptors (Lipinski definition) is 7. The van der Waals surface area contributed by atoms with Crippen molar-refractivity contribution in [3.05, 3.63) is 76.5 Å². The molecule has 2 aromatic carbocycles. The fourth-order valence-electron chi connectivity index (χ4n) is 4.02. The summed E-state index contributed by atoms with van der Waals surface area (Å²) in [6.45, 7) is 4.59. The molecule has 0 aliphatic carbocycles. The maximum atomic E-state index is 13.4. The van der Waals surface area contributed by atoms with Crippen molar-refractivity contribution in [2.45, 2.75) is 13.5 Å². The van der Waals surface area contributed by atoms with Gasteiger partial charge >= 0.3 is 0 Å². The van der Waals surface area contributed by atoms with Gasteiger partial charge in [0.2, 0.25) is 0 Å². The van der Waals surface area contributed by atoms with Crippen LogP contribution in [0.1, 0.15) is 21.9 Å². The fourth-order valence-corrected chi connectivity index (χ4v) is 4.24. The van der Waals surface area contributed by atoms with Crippen molar-refractivity contribution in [3.63, 3.8) is 0 Å². The Labute approximate surface area is 199 Å². The number of aryl methyl sites for hydroxylation is 1. The lowest BCUT2D eigenvalue weighted by atomic mass is 10.0. The molecule has 4 aromatic rings. The Morgan fingerprint density at radius 1 is 1.09 bits per heavy atom. The Hall–Kier alpha value is -3.63. The topological polar surface area (TPSA) is 93.2 Å². The Balaban J connectivity index is 1.27. The van der Waals surface area contributed by atoms with Gasteiger partial charge < -0.3 is 9.42 Å². The third-order valence-electron chi connectivity index (χ3n) is 5.84. The van der Waals surface area contributed by atoms with Gasteiger partial charge in [0.15, 0.2) is 5.82 Å². The van der Waals surface area contributed by atoms with Crippen molar-refractivity contribution >= 4 is 17.5 Å².